The van der Waals surface area contributed by atoms with Crippen LogP contribution in [0.15, 0.2) is 30.5 Å². The lowest BCUT2D eigenvalue weighted by Gasteiger charge is -2.10. The summed E-state index contributed by atoms with van der Waals surface area (Å²) < 4.78 is 5.34. The summed E-state index contributed by atoms with van der Waals surface area (Å²) in [4.78, 5) is 15.0. The van der Waals surface area contributed by atoms with Crippen LogP contribution in [0.25, 0.3) is 10.8 Å². The third kappa shape index (κ3) is 3.38. The smallest absolute Gasteiger partial charge is 0.217 e. The number of carbonyl (C=O) groups is 1. The molecule has 0 aliphatic rings. The minimum Gasteiger partial charge on any atom is -0.496 e. The van der Waals surface area contributed by atoms with Gasteiger partial charge in [-0.3, -0.25) is 4.79 Å². The first-order chi connectivity index (χ1) is 9.72. The number of anilines is 1. The number of carbonyl (C=O) groups excluding carboxylic acids is 1. The number of rotatable bonds is 7. The summed E-state index contributed by atoms with van der Waals surface area (Å²) in [6.45, 7) is 0.761. The molecule has 106 valence electrons. The second kappa shape index (κ2) is 6.75. The van der Waals surface area contributed by atoms with Crippen molar-refractivity contribution < 1.29 is 9.53 Å². The van der Waals surface area contributed by atoms with Crippen LogP contribution in [0.2, 0.25) is 0 Å². The molecule has 2 rings (SSSR count). The molecular formula is C15H19N3O2. The Morgan fingerprint density at radius 3 is 2.90 bits per heavy atom. The average Bonchev–Trinajstić information content (AvgIpc) is 2.46. The maximum absolute atomic E-state index is 10.7. The fraction of sp³-hybridized carbons (Fsp3) is 0.333. The number of primary amides is 1. The van der Waals surface area contributed by atoms with Gasteiger partial charge in [0.2, 0.25) is 5.91 Å². The number of fused-ring (bicyclic) bond motifs is 1. The van der Waals surface area contributed by atoms with Crippen LogP contribution in [0.4, 0.5) is 5.82 Å². The molecule has 0 atom stereocenters. The highest BCUT2D eigenvalue weighted by Gasteiger charge is 2.05. The van der Waals surface area contributed by atoms with Gasteiger partial charge in [0.1, 0.15) is 11.6 Å². The first kappa shape index (κ1) is 14.1. The van der Waals surface area contributed by atoms with Crippen molar-refractivity contribution in [2.75, 3.05) is 19.0 Å². The standard InChI is InChI=1S/C15H19N3O2/c1-20-13-6-4-5-12-11(13)8-10-18-15(12)17-9-3-2-7-14(16)19/h4-6,8,10H,2-3,7,9H2,1H3,(H2,16,19)(H,17,18). The lowest BCUT2D eigenvalue weighted by molar-refractivity contribution is -0.118. The normalized spacial score (nSPS) is 10.4. The van der Waals surface area contributed by atoms with E-state index < -0.39 is 0 Å². The van der Waals surface area contributed by atoms with E-state index in [4.69, 9.17) is 10.5 Å². The Morgan fingerprint density at radius 1 is 1.30 bits per heavy atom. The molecule has 5 heteroatoms. The zero-order chi connectivity index (χ0) is 14.4. The summed E-state index contributed by atoms with van der Waals surface area (Å²) in [5.74, 6) is 1.42. The number of nitrogens with zero attached hydrogens (tertiary/aromatic N) is 1. The van der Waals surface area contributed by atoms with E-state index in [1.807, 2.05) is 24.3 Å². The Bertz CT molecular complexity index is 599. The lowest BCUT2D eigenvalue weighted by atomic mass is 10.1. The molecule has 0 aliphatic carbocycles. The molecule has 1 heterocycles. The molecule has 3 N–H and O–H groups in total. The highest BCUT2D eigenvalue weighted by molar-refractivity contribution is 5.95. The van der Waals surface area contributed by atoms with Gasteiger partial charge in [0.25, 0.3) is 0 Å². The van der Waals surface area contributed by atoms with Crippen molar-refractivity contribution in [3.63, 3.8) is 0 Å². The van der Waals surface area contributed by atoms with Crippen LogP contribution in [-0.4, -0.2) is 24.5 Å². The van der Waals surface area contributed by atoms with Gasteiger partial charge in [-0.05, 0) is 25.0 Å². The Hall–Kier alpha value is -2.30. The molecule has 0 saturated carbocycles. The van der Waals surface area contributed by atoms with Crippen LogP contribution in [0.1, 0.15) is 19.3 Å². The van der Waals surface area contributed by atoms with Crippen LogP contribution in [-0.2, 0) is 4.79 Å². The van der Waals surface area contributed by atoms with Crippen LogP contribution < -0.4 is 15.8 Å². The van der Waals surface area contributed by atoms with Gasteiger partial charge in [-0.2, -0.15) is 0 Å². The molecule has 1 amide bonds. The lowest BCUT2D eigenvalue weighted by Crippen LogP contribution is -2.11. The number of amides is 1. The highest BCUT2D eigenvalue weighted by atomic mass is 16.5. The summed E-state index contributed by atoms with van der Waals surface area (Å²) >= 11 is 0. The predicted octanol–water partition coefficient (Wildman–Crippen LogP) is 2.31. The summed E-state index contributed by atoms with van der Waals surface area (Å²) in [7, 11) is 1.66. The van der Waals surface area contributed by atoms with Crippen molar-refractivity contribution in [3.8, 4) is 5.75 Å². The van der Waals surface area contributed by atoms with Gasteiger partial charge >= 0.3 is 0 Å². The van der Waals surface area contributed by atoms with E-state index in [1.54, 1.807) is 13.3 Å². The van der Waals surface area contributed by atoms with Crippen molar-refractivity contribution in [1.29, 1.82) is 0 Å². The van der Waals surface area contributed by atoms with Gasteiger partial charge in [-0.1, -0.05) is 12.1 Å². The zero-order valence-corrected chi connectivity index (χ0v) is 11.6. The molecule has 0 spiro atoms. The molecule has 2 aromatic rings. The SMILES string of the molecule is COc1cccc2c(NCCCCC(N)=O)nccc12. The van der Waals surface area contributed by atoms with E-state index in [2.05, 4.69) is 10.3 Å². The monoisotopic (exact) mass is 273 g/mol. The number of pyridine rings is 1. The molecule has 0 unspecified atom stereocenters. The summed E-state index contributed by atoms with van der Waals surface area (Å²) in [6, 6.07) is 7.82. The average molecular weight is 273 g/mol. The predicted molar refractivity (Wildman–Crippen MR) is 79.8 cm³/mol. The Balaban J connectivity index is 2.05. The molecule has 0 fully saturated rings. The molecule has 1 aromatic heterocycles. The fourth-order valence-corrected chi connectivity index (χ4v) is 2.13. The second-order valence-corrected chi connectivity index (χ2v) is 4.57. The Morgan fingerprint density at radius 2 is 2.15 bits per heavy atom. The number of unbranched alkanes of at least 4 members (excludes halogenated alkanes) is 1. The summed E-state index contributed by atoms with van der Waals surface area (Å²) in [5.41, 5.74) is 5.11. The molecule has 5 nitrogen and oxygen atoms in total. The van der Waals surface area contributed by atoms with Crippen molar-refractivity contribution in [2.45, 2.75) is 19.3 Å². The van der Waals surface area contributed by atoms with Crippen LogP contribution in [0.5, 0.6) is 5.75 Å². The maximum Gasteiger partial charge on any atom is 0.217 e. The van der Waals surface area contributed by atoms with Gasteiger partial charge in [-0.15, -0.1) is 0 Å². The van der Waals surface area contributed by atoms with Crippen molar-refractivity contribution >= 4 is 22.5 Å². The zero-order valence-electron chi connectivity index (χ0n) is 11.6. The first-order valence-electron chi connectivity index (χ1n) is 6.66. The number of nitrogens with one attached hydrogen (secondary N) is 1. The van der Waals surface area contributed by atoms with Crippen LogP contribution >= 0.6 is 0 Å². The van der Waals surface area contributed by atoms with Gasteiger partial charge in [0.15, 0.2) is 0 Å². The van der Waals surface area contributed by atoms with Gasteiger partial charge in [-0.25, -0.2) is 4.98 Å². The van der Waals surface area contributed by atoms with Crippen molar-refractivity contribution in [2.24, 2.45) is 5.73 Å². The molecule has 0 radical (unpaired) electrons. The van der Waals surface area contributed by atoms with Crippen molar-refractivity contribution in [3.05, 3.63) is 30.5 Å². The number of benzene rings is 1. The molecule has 0 saturated heterocycles. The Labute approximate surface area is 118 Å². The van der Waals surface area contributed by atoms with Crippen LogP contribution in [0.3, 0.4) is 0 Å². The summed E-state index contributed by atoms with van der Waals surface area (Å²) in [6.07, 6.45) is 3.86. The van der Waals surface area contributed by atoms with E-state index in [9.17, 15) is 4.79 Å². The largest absolute Gasteiger partial charge is 0.496 e. The van der Waals surface area contributed by atoms with Crippen molar-refractivity contribution in [1.82, 2.24) is 4.98 Å². The third-order valence-corrected chi connectivity index (χ3v) is 3.13. The first-order valence-corrected chi connectivity index (χ1v) is 6.66. The maximum atomic E-state index is 10.7. The fourth-order valence-electron chi connectivity index (χ4n) is 2.13. The van der Waals surface area contributed by atoms with Gasteiger partial charge < -0.3 is 15.8 Å². The number of hydrogen-bond acceptors (Lipinski definition) is 4. The number of hydrogen-bond donors (Lipinski definition) is 2. The van der Waals surface area contributed by atoms with E-state index >= 15 is 0 Å². The second-order valence-electron chi connectivity index (χ2n) is 4.57. The quantitative estimate of drug-likeness (QED) is 0.759. The van der Waals surface area contributed by atoms with E-state index in [0.717, 1.165) is 41.7 Å². The number of methoxy groups -OCH3 is 1. The number of aromatic nitrogens is 1. The topological polar surface area (TPSA) is 77.2 Å². The summed E-state index contributed by atoms with van der Waals surface area (Å²) in [5, 5.41) is 5.36. The minimum atomic E-state index is -0.252. The molecule has 0 bridgehead atoms. The number of ether oxygens (including phenoxy) is 1. The third-order valence-electron chi connectivity index (χ3n) is 3.13. The minimum absolute atomic E-state index is 0.252. The molecule has 1 aromatic carbocycles. The van der Waals surface area contributed by atoms with E-state index in [-0.39, 0.29) is 5.91 Å². The van der Waals surface area contributed by atoms with Gasteiger partial charge in [0, 0.05) is 29.9 Å². The molecule has 0 aliphatic heterocycles. The number of nitrogens with two attached hydrogens (primary N) is 1. The van der Waals surface area contributed by atoms with E-state index in [0.29, 0.717) is 6.42 Å². The van der Waals surface area contributed by atoms with Gasteiger partial charge in [0.05, 0.1) is 7.11 Å². The Kier molecular flexibility index (Phi) is 4.76. The molecular weight excluding hydrogens is 254 g/mol. The highest BCUT2D eigenvalue weighted by Crippen LogP contribution is 2.28. The van der Waals surface area contributed by atoms with Crippen LogP contribution in [0, 0.1) is 0 Å². The molecule has 20 heavy (non-hydrogen) atoms. The van der Waals surface area contributed by atoms with E-state index in [1.165, 1.54) is 0 Å².